The Hall–Kier alpha value is -1.27. The second-order valence-corrected chi connectivity index (χ2v) is 5.57. The Balaban J connectivity index is 2.19. The number of hydrogen-bond donors (Lipinski definition) is 1. The summed E-state index contributed by atoms with van der Waals surface area (Å²) in [4.78, 5) is 11.5. The Bertz CT molecular complexity index is 739. The zero-order valence-electron chi connectivity index (χ0n) is 8.92. The van der Waals surface area contributed by atoms with Crippen molar-refractivity contribution in [3.05, 3.63) is 45.2 Å². The lowest BCUT2D eigenvalue weighted by atomic mass is 10.2. The van der Waals surface area contributed by atoms with Crippen LogP contribution in [0.2, 0.25) is 0 Å². The van der Waals surface area contributed by atoms with Gasteiger partial charge in [-0.25, -0.2) is 14.4 Å². The molecule has 2 heterocycles. The standard InChI is InChI=1S/C12H6Br2FN3/c13-6-1-2-8(9(15)3-6)11-17-10-4-7(14)5-16-12(10)18-11/h1-5H,(H,16,17,18). The van der Waals surface area contributed by atoms with E-state index >= 15 is 0 Å². The van der Waals surface area contributed by atoms with Crippen molar-refractivity contribution in [1.29, 1.82) is 0 Å². The number of pyridine rings is 1. The number of aromatic nitrogens is 3. The Kier molecular flexibility index (Phi) is 2.91. The monoisotopic (exact) mass is 369 g/mol. The van der Waals surface area contributed by atoms with Crippen LogP contribution in [0.3, 0.4) is 0 Å². The molecule has 1 N–H and O–H groups in total. The molecule has 0 atom stereocenters. The van der Waals surface area contributed by atoms with Crippen molar-refractivity contribution in [2.45, 2.75) is 0 Å². The van der Waals surface area contributed by atoms with Crippen molar-refractivity contribution >= 4 is 43.0 Å². The van der Waals surface area contributed by atoms with E-state index in [1.165, 1.54) is 6.07 Å². The van der Waals surface area contributed by atoms with E-state index in [0.29, 0.717) is 21.5 Å². The van der Waals surface area contributed by atoms with Crippen LogP contribution in [0.15, 0.2) is 39.4 Å². The molecule has 0 aliphatic carbocycles. The number of aromatic amines is 1. The number of benzene rings is 1. The van der Waals surface area contributed by atoms with Crippen molar-refractivity contribution in [2.75, 3.05) is 0 Å². The third kappa shape index (κ3) is 2.06. The maximum absolute atomic E-state index is 13.8. The molecule has 2 aromatic heterocycles. The number of nitrogens with zero attached hydrogens (tertiary/aromatic N) is 2. The summed E-state index contributed by atoms with van der Waals surface area (Å²) >= 11 is 6.56. The Labute approximate surface area is 119 Å². The lowest BCUT2D eigenvalue weighted by Gasteiger charge is -1.99. The predicted molar refractivity (Wildman–Crippen MR) is 74.7 cm³/mol. The Morgan fingerprint density at radius 2 is 1.94 bits per heavy atom. The molecule has 0 saturated heterocycles. The predicted octanol–water partition coefficient (Wildman–Crippen LogP) is 4.29. The maximum atomic E-state index is 13.8. The van der Waals surface area contributed by atoms with E-state index in [-0.39, 0.29) is 5.82 Å². The summed E-state index contributed by atoms with van der Waals surface area (Å²) in [6.07, 6.45) is 1.66. The SMILES string of the molecule is Fc1cc(Br)ccc1-c1nc2ncc(Br)cc2[nH]1. The van der Waals surface area contributed by atoms with Gasteiger partial charge in [-0.15, -0.1) is 0 Å². The van der Waals surface area contributed by atoms with Crippen LogP contribution in [0.1, 0.15) is 0 Å². The molecular formula is C12H6Br2FN3. The van der Waals surface area contributed by atoms with Crippen LogP contribution in [0.25, 0.3) is 22.6 Å². The fraction of sp³-hybridized carbons (Fsp3) is 0. The summed E-state index contributed by atoms with van der Waals surface area (Å²) in [5.41, 5.74) is 1.75. The molecule has 0 unspecified atom stereocenters. The van der Waals surface area contributed by atoms with E-state index in [0.717, 1.165) is 9.99 Å². The molecule has 3 nitrogen and oxygen atoms in total. The Morgan fingerprint density at radius 1 is 1.11 bits per heavy atom. The molecule has 0 aliphatic rings. The van der Waals surface area contributed by atoms with Gasteiger partial charge >= 0.3 is 0 Å². The van der Waals surface area contributed by atoms with Crippen molar-refractivity contribution in [3.8, 4) is 11.4 Å². The van der Waals surface area contributed by atoms with Crippen molar-refractivity contribution in [2.24, 2.45) is 0 Å². The fourth-order valence-electron chi connectivity index (χ4n) is 1.68. The highest BCUT2D eigenvalue weighted by Gasteiger charge is 2.11. The van der Waals surface area contributed by atoms with Gasteiger partial charge in [-0.1, -0.05) is 15.9 Å². The third-order valence-corrected chi connectivity index (χ3v) is 3.42. The van der Waals surface area contributed by atoms with Crippen molar-refractivity contribution in [3.63, 3.8) is 0 Å². The molecule has 6 heteroatoms. The second-order valence-electron chi connectivity index (χ2n) is 3.73. The number of rotatable bonds is 1. The number of fused-ring (bicyclic) bond motifs is 1. The molecule has 1 aromatic carbocycles. The zero-order chi connectivity index (χ0) is 12.7. The van der Waals surface area contributed by atoms with Gasteiger partial charge in [0, 0.05) is 15.1 Å². The Morgan fingerprint density at radius 3 is 2.72 bits per heavy atom. The van der Waals surface area contributed by atoms with Gasteiger partial charge in [0.05, 0.1) is 11.1 Å². The minimum absolute atomic E-state index is 0.331. The van der Waals surface area contributed by atoms with Crippen LogP contribution in [0.4, 0.5) is 4.39 Å². The third-order valence-electron chi connectivity index (χ3n) is 2.49. The van der Waals surface area contributed by atoms with Gasteiger partial charge in [-0.3, -0.25) is 0 Å². The molecule has 90 valence electrons. The van der Waals surface area contributed by atoms with Crippen molar-refractivity contribution in [1.82, 2.24) is 15.0 Å². The molecule has 0 bridgehead atoms. The first-order valence-electron chi connectivity index (χ1n) is 5.10. The number of H-pyrrole nitrogens is 1. The number of halogens is 3. The van der Waals surface area contributed by atoms with Crippen LogP contribution < -0.4 is 0 Å². The van der Waals surface area contributed by atoms with Crippen LogP contribution in [0.5, 0.6) is 0 Å². The minimum Gasteiger partial charge on any atom is -0.336 e. The number of hydrogen-bond acceptors (Lipinski definition) is 2. The molecule has 0 amide bonds. The van der Waals surface area contributed by atoms with Gasteiger partial charge in [0.25, 0.3) is 0 Å². The van der Waals surface area contributed by atoms with Crippen molar-refractivity contribution < 1.29 is 4.39 Å². The zero-order valence-corrected chi connectivity index (χ0v) is 12.1. The van der Waals surface area contributed by atoms with E-state index in [1.54, 1.807) is 18.3 Å². The molecule has 0 saturated carbocycles. The molecule has 18 heavy (non-hydrogen) atoms. The topological polar surface area (TPSA) is 41.6 Å². The average molecular weight is 371 g/mol. The lowest BCUT2D eigenvalue weighted by molar-refractivity contribution is 0.629. The normalized spacial score (nSPS) is 11.1. The molecule has 0 radical (unpaired) electrons. The summed E-state index contributed by atoms with van der Waals surface area (Å²) in [5.74, 6) is 0.142. The molecule has 0 aliphatic heterocycles. The summed E-state index contributed by atoms with van der Waals surface area (Å²) in [6, 6.07) is 6.71. The summed E-state index contributed by atoms with van der Waals surface area (Å²) in [7, 11) is 0. The first kappa shape index (κ1) is 11.8. The van der Waals surface area contributed by atoms with Gasteiger partial charge in [-0.05, 0) is 40.2 Å². The van der Waals surface area contributed by atoms with Gasteiger partial charge < -0.3 is 4.98 Å². The maximum Gasteiger partial charge on any atom is 0.178 e. The van der Waals surface area contributed by atoms with E-state index in [1.807, 2.05) is 6.07 Å². The highest BCUT2D eigenvalue weighted by atomic mass is 79.9. The first-order chi connectivity index (χ1) is 8.63. The van der Waals surface area contributed by atoms with E-state index in [4.69, 9.17) is 0 Å². The minimum atomic E-state index is -0.331. The second kappa shape index (κ2) is 4.44. The van der Waals surface area contributed by atoms with E-state index < -0.39 is 0 Å². The summed E-state index contributed by atoms with van der Waals surface area (Å²) in [6.45, 7) is 0. The molecule has 0 spiro atoms. The largest absolute Gasteiger partial charge is 0.336 e. The fourth-order valence-corrected chi connectivity index (χ4v) is 2.35. The number of nitrogens with one attached hydrogen (secondary N) is 1. The summed E-state index contributed by atoms with van der Waals surface area (Å²) in [5, 5.41) is 0. The smallest absolute Gasteiger partial charge is 0.178 e. The molecule has 3 rings (SSSR count). The van der Waals surface area contributed by atoms with Gasteiger partial charge in [0.2, 0.25) is 0 Å². The highest BCUT2D eigenvalue weighted by molar-refractivity contribution is 9.10. The van der Waals surface area contributed by atoms with Gasteiger partial charge in [0.15, 0.2) is 5.65 Å². The molecule has 3 aromatic rings. The first-order valence-corrected chi connectivity index (χ1v) is 6.69. The lowest BCUT2D eigenvalue weighted by Crippen LogP contribution is -1.86. The molecular weight excluding hydrogens is 365 g/mol. The van der Waals surface area contributed by atoms with Crippen LogP contribution in [0, 0.1) is 5.82 Å². The van der Waals surface area contributed by atoms with E-state index in [9.17, 15) is 4.39 Å². The van der Waals surface area contributed by atoms with Crippen LogP contribution in [-0.2, 0) is 0 Å². The quantitative estimate of drug-likeness (QED) is 0.694. The van der Waals surface area contributed by atoms with Gasteiger partial charge in [-0.2, -0.15) is 0 Å². The van der Waals surface area contributed by atoms with Crippen LogP contribution in [-0.4, -0.2) is 15.0 Å². The average Bonchev–Trinajstić information content (AvgIpc) is 2.71. The van der Waals surface area contributed by atoms with Crippen LogP contribution >= 0.6 is 31.9 Å². The van der Waals surface area contributed by atoms with Gasteiger partial charge in [0.1, 0.15) is 11.6 Å². The highest BCUT2D eigenvalue weighted by Crippen LogP contribution is 2.25. The summed E-state index contributed by atoms with van der Waals surface area (Å²) < 4.78 is 15.4. The molecule has 0 fully saturated rings. The number of imidazole rings is 1. The van der Waals surface area contributed by atoms with E-state index in [2.05, 4.69) is 46.8 Å².